The van der Waals surface area contributed by atoms with Gasteiger partial charge in [-0.15, -0.1) is 0 Å². The van der Waals surface area contributed by atoms with E-state index in [1.165, 1.54) is 11.1 Å². The Labute approximate surface area is 120 Å². The van der Waals surface area contributed by atoms with Crippen LogP contribution < -0.4 is 0 Å². The van der Waals surface area contributed by atoms with Crippen molar-refractivity contribution in [1.29, 1.82) is 0 Å². The fourth-order valence-electron chi connectivity index (χ4n) is 2.99. The van der Waals surface area contributed by atoms with Crippen LogP contribution in [0.5, 0.6) is 0 Å². The standard InChI is InChI=1S/C18H21NO/c1-18(2)16(20)13-19(18)17(14-9-5-3-6-10-14)15-11-7-4-8-12-15/h3-12,16-17,20H,13H2,1-2H3/t16-/m0/s1. The van der Waals surface area contributed by atoms with Crippen LogP contribution in [0.1, 0.15) is 31.0 Å². The molecule has 2 nitrogen and oxygen atoms in total. The second-order valence-corrected chi connectivity index (χ2v) is 6.05. The summed E-state index contributed by atoms with van der Waals surface area (Å²) >= 11 is 0. The van der Waals surface area contributed by atoms with Crippen LogP contribution in [0.3, 0.4) is 0 Å². The zero-order valence-electron chi connectivity index (χ0n) is 12.0. The van der Waals surface area contributed by atoms with Crippen LogP contribution in [0.15, 0.2) is 60.7 Å². The first-order chi connectivity index (χ1) is 9.60. The molecule has 0 radical (unpaired) electrons. The third-order valence-electron chi connectivity index (χ3n) is 4.47. The lowest BCUT2D eigenvalue weighted by Crippen LogP contribution is -2.68. The van der Waals surface area contributed by atoms with Crippen LogP contribution in [0.4, 0.5) is 0 Å². The second kappa shape index (κ2) is 5.04. The molecule has 104 valence electrons. The number of nitrogens with zero attached hydrogens (tertiary/aromatic N) is 1. The highest BCUT2D eigenvalue weighted by Gasteiger charge is 2.48. The molecule has 1 saturated heterocycles. The van der Waals surface area contributed by atoms with Crippen LogP contribution in [0.25, 0.3) is 0 Å². The van der Waals surface area contributed by atoms with Gasteiger partial charge in [-0.1, -0.05) is 60.7 Å². The van der Waals surface area contributed by atoms with Gasteiger partial charge in [-0.05, 0) is 25.0 Å². The van der Waals surface area contributed by atoms with Crippen LogP contribution in [0.2, 0.25) is 0 Å². The van der Waals surface area contributed by atoms with Crippen molar-refractivity contribution >= 4 is 0 Å². The maximum Gasteiger partial charge on any atom is 0.0845 e. The van der Waals surface area contributed by atoms with Crippen molar-refractivity contribution in [3.8, 4) is 0 Å². The van der Waals surface area contributed by atoms with Crippen molar-refractivity contribution in [2.24, 2.45) is 0 Å². The van der Waals surface area contributed by atoms with Gasteiger partial charge in [0.1, 0.15) is 0 Å². The fraction of sp³-hybridized carbons (Fsp3) is 0.333. The minimum Gasteiger partial charge on any atom is -0.390 e. The monoisotopic (exact) mass is 267 g/mol. The molecule has 2 aromatic rings. The summed E-state index contributed by atoms with van der Waals surface area (Å²) in [6.07, 6.45) is -0.252. The van der Waals surface area contributed by atoms with E-state index >= 15 is 0 Å². The van der Waals surface area contributed by atoms with Crippen molar-refractivity contribution in [1.82, 2.24) is 4.90 Å². The summed E-state index contributed by atoms with van der Waals surface area (Å²) in [6, 6.07) is 21.3. The first-order valence-corrected chi connectivity index (χ1v) is 7.15. The normalized spacial score (nSPS) is 21.7. The van der Waals surface area contributed by atoms with Crippen molar-refractivity contribution in [2.45, 2.75) is 31.5 Å². The summed E-state index contributed by atoms with van der Waals surface area (Å²) in [5.74, 6) is 0. The molecule has 20 heavy (non-hydrogen) atoms. The maximum absolute atomic E-state index is 10.0. The molecule has 0 amide bonds. The Balaban J connectivity index is 2.02. The number of aliphatic hydroxyl groups is 1. The predicted octanol–water partition coefficient (Wildman–Crippen LogP) is 3.23. The molecule has 0 aliphatic carbocycles. The highest BCUT2D eigenvalue weighted by molar-refractivity contribution is 5.33. The molecule has 0 unspecified atom stereocenters. The lowest BCUT2D eigenvalue weighted by atomic mass is 9.80. The van der Waals surface area contributed by atoms with Gasteiger partial charge in [0.2, 0.25) is 0 Å². The van der Waals surface area contributed by atoms with E-state index in [1.807, 2.05) is 12.1 Å². The molecule has 1 atom stereocenters. The van der Waals surface area contributed by atoms with E-state index in [0.717, 1.165) is 6.54 Å². The zero-order chi connectivity index (χ0) is 14.2. The molecule has 1 fully saturated rings. The van der Waals surface area contributed by atoms with Gasteiger partial charge >= 0.3 is 0 Å². The summed E-state index contributed by atoms with van der Waals surface area (Å²) < 4.78 is 0. The molecule has 1 heterocycles. The van der Waals surface area contributed by atoms with E-state index in [0.29, 0.717) is 0 Å². The van der Waals surface area contributed by atoms with E-state index in [4.69, 9.17) is 0 Å². The minimum atomic E-state index is -0.252. The van der Waals surface area contributed by atoms with E-state index in [2.05, 4.69) is 67.3 Å². The van der Waals surface area contributed by atoms with Gasteiger partial charge in [-0.3, -0.25) is 4.90 Å². The molecular formula is C18H21NO. The average molecular weight is 267 g/mol. The summed E-state index contributed by atoms with van der Waals surface area (Å²) in [7, 11) is 0. The maximum atomic E-state index is 10.0. The molecule has 1 aliphatic heterocycles. The number of aliphatic hydroxyl groups excluding tert-OH is 1. The number of β-amino-alcohol motifs (C(OH)–C–C–N with tert-alkyl or cyclic N) is 1. The molecule has 2 heteroatoms. The summed E-state index contributed by atoms with van der Waals surface area (Å²) in [5.41, 5.74) is 2.37. The number of likely N-dealkylation sites (tertiary alicyclic amines) is 1. The molecule has 2 aromatic carbocycles. The van der Waals surface area contributed by atoms with E-state index in [1.54, 1.807) is 0 Å². The second-order valence-electron chi connectivity index (χ2n) is 6.05. The Morgan fingerprint density at radius 1 is 0.950 bits per heavy atom. The highest BCUT2D eigenvalue weighted by atomic mass is 16.3. The summed E-state index contributed by atoms with van der Waals surface area (Å²) in [5, 5.41) is 10.0. The Kier molecular flexibility index (Phi) is 3.36. The third kappa shape index (κ3) is 2.15. The Morgan fingerprint density at radius 2 is 1.40 bits per heavy atom. The largest absolute Gasteiger partial charge is 0.390 e. The molecule has 1 aliphatic rings. The zero-order valence-corrected chi connectivity index (χ0v) is 12.0. The predicted molar refractivity (Wildman–Crippen MR) is 81.5 cm³/mol. The lowest BCUT2D eigenvalue weighted by molar-refractivity contribution is -0.132. The molecule has 0 spiro atoms. The fourth-order valence-corrected chi connectivity index (χ4v) is 2.99. The van der Waals surface area contributed by atoms with Gasteiger partial charge in [0.05, 0.1) is 12.1 Å². The Hall–Kier alpha value is -1.64. The van der Waals surface area contributed by atoms with Crippen molar-refractivity contribution in [3.63, 3.8) is 0 Å². The number of rotatable bonds is 3. The van der Waals surface area contributed by atoms with E-state index in [-0.39, 0.29) is 17.7 Å². The van der Waals surface area contributed by atoms with Crippen LogP contribution in [-0.2, 0) is 0 Å². The first-order valence-electron chi connectivity index (χ1n) is 7.15. The summed E-state index contributed by atoms with van der Waals surface area (Å²) in [6.45, 7) is 4.95. The minimum absolute atomic E-state index is 0.184. The average Bonchev–Trinajstić information content (AvgIpc) is 2.49. The number of hydrogen-bond donors (Lipinski definition) is 1. The molecule has 0 saturated carbocycles. The lowest BCUT2D eigenvalue weighted by Gasteiger charge is -2.56. The van der Waals surface area contributed by atoms with Gasteiger partial charge in [0.15, 0.2) is 0 Å². The number of benzene rings is 2. The Morgan fingerprint density at radius 3 is 1.75 bits per heavy atom. The number of hydrogen-bond acceptors (Lipinski definition) is 2. The molecule has 0 bridgehead atoms. The van der Waals surface area contributed by atoms with Gasteiger partial charge in [-0.2, -0.15) is 0 Å². The van der Waals surface area contributed by atoms with Crippen molar-refractivity contribution < 1.29 is 5.11 Å². The Bertz CT molecular complexity index is 525. The quantitative estimate of drug-likeness (QED) is 0.923. The molecular weight excluding hydrogens is 246 g/mol. The SMILES string of the molecule is CC1(C)[C@@H](O)CN1C(c1ccccc1)c1ccccc1. The van der Waals surface area contributed by atoms with Crippen molar-refractivity contribution in [2.75, 3.05) is 6.54 Å². The van der Waals surface area contributed by atoms with E-state index in [9.17, 15) is 5.11 Å². The topological polar surface area (TPSA) is 23.5 Å². The first kappa shape index (κ1) is 13.3. The molecule has 3 rings (SSSR count). The van der Waals surface area contributed by atoms with Gasteiger partial charge in [-0.25, -0.2) is 0 Å². The smallest absolute Gasteiger partial charge is 0.0845 e. The summed E-state index contributed by atoms with van der Waals surface area (Å²) in [4.78, 5) is 2.38. The van der Waals surface area contributed by atoms with Crippen LogP contribution >= 0.6 is 0 Å². The molecule has 0 aromatic heterocycles. The third-order valence-corrected chi connectivity index (χ3v) is 4.47. The molecule has 1 N–H and O–H groups in total. The van der Waals surface area contributed by atoms with Gasteiger partial charge < -0.3 is 5.11 Å². The highest BCUT2D eigenvalue weighted by Crippen LogP contribution is 2.41. The van der Waals surface area contributed by atoms with Gasteiger partial charge in [0.25, 0.3) is 0 Å². The van der Waals surface area contributed by atoms with Gasteiger partial charge in [0, 0.05) is 12.1 Å². The van der Waals surface area contributed by atoms with Crippen LogP contribution in [-0.4, -0.2) is 28.2 Å². The van der Waals surface area contributed by atoms with E-state index < -0.39 is 0 Å². The van der Waals surface area contributed by atoms with Crippen LogP contribution in [0, 0.1) is 0 Å². The van der Waals surface area contributed by atoms with Crippen molar-refractivity contribution in [3.05, 3.63) is 71.8 Å².